The second-order valence-corrected chi connectivity index (χ2v) is 5.90. The molecule has 1 N–H and O–H groups in total. The van der Waals surface area contributed by atoms with Gasteiger partial charge in [0.25, 0.3) is 0 Å². The van der Waals surface area contributed by atoms with Gasteiger partial charge in [0.1, 0.15) is 0 Å². The Morgan fingerprint density at radius 2 is 1.88 bits per heavy atom. The molecule has 0 aromatic carbocycles. The SMILES string of the molecule is COCCOCCS(=O)(=O)NCCCN(C)C. The third-order valence-electron chi connectivity index (χ3n) is 2.03. The summed E-state index contributed by atoms with van der Waals surface area (Å²) in [6, 6.07) is 0. The van der Waals surface area contributed by atoms with Gasteiger partial charge in [0.15, 0.2) is 0 Å². The van der Waals surface area contributed by atoms with Gasteiger partial charge in [-0.25, -0.2) is 13.1 Å². The van der Waals surface area contributed by atoms with Crippen molar-refractivity contribution in [1.82, 2.24) is 9.62 Å². The molecule has 0 aliphatic rings. The van der Waals surface area contributed by atoms with Crippen molar-refractivity contribution in [2.45, 2.75) is 6.42 Å². The first-order valence-electron chi connectivity index (χ1n) is 5.66. The van der Waals surface area contributed by atoms with Crippen molar-refractivity contribution in [2.75, 3.05) is 59.9 Å². The summed E-state index contributed by atoms with van der Waals surface area (Å²) >= 11 is 0. The zero-order valence-electron chi connectivity index (χ0n) is 10.9. The van der Waals surface area contributed by atoms with Gasteiger partial charge in [0.2, 0.25) is 10.0 Å². The molecule has 7 heteroatoms. The van der Waals surface area contributed by atoms with E-state index in [1.54, 1.807) is 7.11 Å². The van der Waals surface area contributed by atoms with Crippen LogP contribution in [-0.2, 0) is 19.5 Å². The highest BCUT2D eigenvalue weighted by molar-refractivity contribution is 7.89. The predicted octanol–water partition coefficient (Wildman–Crippen LogP) is -0.479. The van der Waals surface area contributed by atoms with Crippen LogP contribution in [0.2, 0.25) is 0 Å². The maximum absolute atomic E-state index is 11.5. The zero-order valence-corrected chi connectivity index (χ0v) is 11.8. The second-order valence-electron chi connectivity index (χ2n) is 3.98. The molecule has 0 radical (unpaired) electrons. The Labute approximate surface area is 104 Å². The van der Waals surface area contributed by atoms with Crippen LogP contribution >= 0.6 is 0 Å². The topological polar surface area (TPSA) is 67.9 Å². The minimum Gasteiger partial charge on any atom is -0.382 e. The first-order valence-corrected chi connectivity index (χ1v) is 7.32. The number of hydrogen-bond donors (Lipinski definition) is 1. The Balaban J connectivity index is 3.52. The number of nitrogens with one attached hydrogen (secondary N) is 1. The normalized spacial score (nSPS) is 12.2. The second kappa shape index (κ2) is 9.78. The molecule has 0 bridgehead atoms. The summed E-state index contributed by atoms with van der Waals surface area (Å²) in [6.45, 7) is 2.45. The molecule has 0 aliphatic heterocycles. The van der Waals surface area contributed by atoms with Gasteiger partial charge in [0.05, 0.1) is 25.6 Å². The van der Waals surface area contributed by atoms with E-state index in [1.165, 1.54) is 0 Å². The van der Waals surface area contributed by atoms with Gasteiger partial charge in [-0.05, 0) is 27.1 Å². The molecule has 6 nitrogen and oxygen atoms in total. The Kier molecular flexibility index (Phi) is 9.66. The molecule has 17 heavy (non-hydrogen) atoms. The van der Waals surface area contributed by atoms with Crippen LogP contribution in [0.1, 0.15) is 6.42 Å². The zero-order chi connectivity index (χ0) is 13.1. The number of hydrogen-bond acceptors (Lipinski definition) is 5. The fraction of sp³-hybridized carbons (Fsp3) is 1.00. The van der Waals surface area contributed by atoms with Crippen LogP contribution in [0.3, 0.4) is 0 Å². The quantitative estimate of drug-likeness (QED) is 0.513. The van der Waals surface area contributed by atoms with Crippen molar-refractivity contribution in [2.24, 2.45) is 0 Å². The largest absolute Gasteiger partial charge is 0.382 e. The fourth-order valence-electron chi connectivity index (χ4n) is 1.11. The number of nitrogens with zero attached hydrogens (tertiary/aromatic N) is 1. The van der Waals surface area contributed by atoms with Crippen molar-refractivity contribution < 1.29 is 17.9 Å². The highest BCUT2D eigenvalue weighted by atomic mass is 32.2. The highest BCUT2D eigenvalue weighted by Crippen LogP contribution is 1.88. The molecular formula is C10H24N2O4S. The summed E-state index contributed by atoms with van der Waals surface area (Å²) < 4.78 is 35.4. The number of sulfonamides is 1. The third-order valence-corrected chi connectivity index (χ3v) is 3.38. The lowest BCUT2D eigenvalue weighted by Gasteiger charge is -2.10. The van der Waals surface area contributed by atoms with Gasteiger partial charge in [0, 0.05) is 13.7 Å². The van der Waals surface area contributed by atoms with Gasteiger partial charge >= 0.3 is 0 Å². The van der Waals surface area contributed by atoms with Crippen LogP contribution < -0.4 is 4.72 Å². The lowest BCUT2D eigenvalue weighted by Crippen LogP contribution is -2.31. The molecule has 0 saturated heterocycles. The van der Waals surface area contributed by atoms with Gasteiger partial charge in [-0.15, -0.1) is 0 Å². The predicted molar refractivity (Wildman–Crippen MR) is 67.7 cm³/mol. The standard InChI is InChI=1S/C10H24N2O4S/c1-12(2)6-4-5-11-17(13,14)10-9-16-8-7-15-3/h11H,4-10H2,1-3H3. The van der Waals surface area contributed by atoms with Crippen LogP contribution in [0.4, 0.5) is 0 Å². The van der Waals surface area contributed by atoms with E-state index >= 15 is 0 Å². The van der Waals surface area contributed by atoms with Crippen LogP contribution in [0.5, 0.6) is 0 Å². The number of methoxy groups -OCH3 is 1. The molecule has 0 saturated carbocycles. The smallest absolute Gasteiger partial charge is 0.213 e. The van der Waals surface area contributed by atoms with Gasteiger partial charge in [-0.3, -0.25) is 0 Å². The average Bonchev–Trinajstić information content (AvgIpc) is 2.24. The molecule has 0 atom stereocenters. The van der Waals surface area contributed by atoms with Crippen LogP contribution in [0.25, 0.3) is 0 Å². The number of ether oxygens (including phenoxy) is 2. The first kappa shape index (κ1) is 16.8. The van der Waals surface area contributed by atoms with Gasteiger partial charge in [-0.1, -0.05) is 0 Å². The highest BCUT2D eigenvalue weighted by Gasteiger charge is 2.08. The average molecular weight is 268 g/mol. The maximum Gasteiger partial charge on any atom is 0.213 e. The van der Waals surface area contributed by atoms with Crippen molar-refractivity contribution in [3.8, 4) is 0 Å². The Bertz CT molecular complexity index is 267. The summed E-state index contributed by atoms with van der Waals surface area (Å²) in [5, 5.41) is 0. The van der Waals surface area contributed by atoms with Crippen LogP contribution in [0, 0.1) is 0 Å². The molecule has 0 spiro atoms. The van der Waals surface area contributed by atoms with E-state index in [4.69, 9.17) is 9.47 Å². The van der Waals surface area contributed by atoms with E-state index in [-0.39, 0.29) is 12.4 Å². The van der Waals surface area contributed by atoms with Crippen molar-refractivity contribution >= 4 is 10.0 Å². The van der Waals surface area contributed by atoms with Crippen molar-refractivity contribution in [1.29, 1.82) is 0 Å². The van der Waals surface area contributed by atoms with E-state index in [9.17, 15) is 8.42 Å². The minimum absolute atomic E-state index is 0.00131. The summed E-state index contributed by atoms with van der Waals surface area (Å²) in [5.74, 6) is -0.00131. The maximum atomic E-state index is 11.5. The lowest BCUT2D eigenvalue weighted by atomic mass is 10.4. The lowest BCUT2D eigenvalue weighted by molar-refractivity contribution is 0.0784. The molecule has 0 amide bonds. The van der Waals surface area contributed by atoms with E-state index < -0.39 is 10.0 Å². The molecule has 0 heterocycles. The van der Waals surface area contributed by atoms with Crippen molar-refractivity contribution in [3.63, 3.8) is 0 Å². The van der Waals surface area contributed by atoms with E-state index in [0.717, 1.165) is 13.0 Å². The summed E-state index contributed by atoms with van der Waals surface area (Å²) in [6.07, 6.45) is 0.802. The first-order chi connectivity index (χ1) is 7.98. The summed E-state index contributed by atoms with van der Waals surface area (Å²) in [7, 11) is 2.29. The van der Waals surface area contributed by atoms with Gasteiger partial charge in [-0.2, -0.15) is 0 Å². The molecule has 0 fully saturated rings. The monoisotopic (exact) mass is 268 g/mol. The molecule has 0 unspecified atom stereocenters. The minimum atomic E-state index is -3.20. The van der Waals surface area contributed by atoms with E-state index in [1.807, 2.05) is 19.0 Å². The Morgan fingerprint density at radius 1 is 1.18 bits per heavy atom. The van der Waals surface area contributed by atoms with Crippen molar-refractivity contribution in [3.05, 3.63) is 0 Å². The molecule has 0 aromatic heterocycles. The Morgan fingerprint density at radius 3 is 2.47 bits per heavy atom. The molecule has 0 rings (SSSR count). The summed E-state index contributed by atoms with van der Waals surface area (Å²) in [4.78, 5) is 2.02. The van der Waals surface area contributed by atoms with Crippen LogP contribution in [-0.4, -0.2) is 73.2 Å². The molecule has 104 valence electrons. The molecular weight excluding hydrogens is 244 g/mol. The fourth-order valence-corrected chi connectivity index (χ4v) is 2.05. The summed E-state index contributed by atoms with van der Waals surface area (Å²) in [5.41, 5.74) is 0. The molecule has 0 aliphatic carbocycles. The third kappa shape index (κ3) is 12.0. The van der Waals surface area contributed by atoms with E-state index in [0.29, 0.717) is 19.8 Å². The molecule has 0 aromatic rings. The van der Waals surface area contributed by atoms with Gasteiger partial charge < -0.3 is 14.4 Å². The number of rotatable bonds is 11. The van der Waals surface area contributed by atoms with E-state index in [2.05, 4.69) is 4.72 Å². The van der Waals surface area contributed by atoms with Crippen LogP contribution in [0.15, 0.2) is 0 Å². The Hall–Kier alpha value is -0.210.